The van der Waals surface area contributed by atoms with Crippen LogP contribution in [0.25, 0.3) is 11.1 Å². The Labute approximate surface area is 175 Å². The zero-order chi connectivity index (χ0) is 20.4. The van der Waals surface area contributed by atoms with E-state index in [0.29, 0.717) is 0 Å². The van der Waals surface area contributed by atoms with E-state index >= 15 is 0 Å². The molecule has 3 aromatic carbocycles. The third-order valence-corrected chi connectivity index (χ3v) is 6.02. The molecule has 0 radical (unpaired) electrons. The molecule has 0 aromatic heterocycles. The Bertz CT molecular complexity index is 1000. The number of anilines is 3. The van der Waals surface area contributed by atoms with E-state index in [9.17, 15) is 0 Å². The molecule has 29 heavy (non-hydrogen) atoms. The molecule has 0 atom stereocenters. The highest BCUT2D eigenvalue weighted by Gasteiger charge is 2.18. The minimum absolute atomic E-state index is 0.725. The van der Waals surface area contributed by atoms with Crippen molar-refractivity contribution in [1.82, 2.24) is 0 Å². The second kappa shape index (κ2) is 8.32. The third kappa shape index (κ3) is 4.17. The summed E-state index contributed by atoms with van der Waals surface area (Å²) in [5.41, 5.74) is 10.5. The lowest BCUT2D eigenvalue weighted by Crippen LogP contribution is -2.25. The van der Waals surface area contributed by atoms with E-state index in [0.717, 1.165) is 25.4 Å². The lowest BCUT2D eigenvalue weighted by molar-refractivity contribution is 0.576. The summed E-state index contributed by atoms with van der Waals surface area (Å²) in [6.45, 7) is 11.1. The van der Waals surface area contributed by atoms with Gasteiger partial charge in [-0.05, 0) is 84.7 Å². The number of hydrogen-bond donors (Lipinski definition) is 1. The Balaban J connectivity index is 1.56. The first-order valence-corrected chi connectivity index (χ1v) is 10.9. The van der Waals surface area contributed by atoms with E-state index in [4.69, 9.17) is 0 Å². The zero-order valence-corrected chi connectivity index (χ0v) is 18.1. The molecule has 0 aliphatic heterocycles. The normalized spacial score (nSPS) is 12.0. The van der Waals surface area contributed by atoms with Crippen LogP contribution in [0.5, 0.6) is 0 Å². The standard InChI is InChI=1S/C27H32N2/c1-5-29(15-14-19(2)3)24-12-10-20(4)27(18-24)28-23-11-13-26-22(17-23)16-21-8-6-7-9-25(21)26/h6-13,17-19,28H,5,14-16H2,1-4H3. The van der Waals surface area contributed by atoms with Gasteiger partial charge in [0.25, 0.3) is 0 Å². The van der Waals surface area contributed by atoms with Crippen LogP contribution in [0.3, 0.4) is 0 Å². The second-order valence-electron chi connectivity index (χ2n) is 8.59. The molecule has 0 heterocycles. The Hall–Kier alpha value is -2.74. The number of fused-ring (bicyclic) bond motifs is 3. The van der Waals surface area contributed by atoms with Crippen molar-refractivity contribution in [3.8, 4) is 11.1 Å². The topological polar surface area (TPSA) is 15.3 Å². The van der Waals surface area contributed by atoms with Crippen molar-refractivity contribution in [1.29, 1.82) is 0 Å². The van der Waals surface area contributed by atoms with E-state index in [1.807, 2.05) is 0 Å². The van der Waals surface area contributed by atoms with Crippen molar-refractivity contribution >= 4 is 17.1 Å². The molecule has 0 saturated carbocycles. The summed E-state index contributed by atoms with van der Waals surface area (Å²) >= 11 is 0. The summed E-state index contributed by atoms with van der Waals surface area (Å²) in [6.07, 6.45) is 2.24. The number of aryl methyl sites for hydroxylation is 1. The molecule has 1 aliphatic rings. The van der Waals surface area contributed by atoms with Crippen LogP contribution in [0.1, 0.15) is 43.9 Å². The molecular weight excluding hydrogens is 352 g/mol. The van der Waals surface area contributed by atoms with Crippen molar-refractivity contribution in [3.05, 3.63) is 77.4 Å². The van der Waals surface area contributed by atoms with E-state index in [2.05, 4.69) is 98.6 Å². The fourth-order valence-corrected chi connectivity index (χ4v) is 4.20. The molecule has 0 saturated heterocycles. The molecule has 4 rings (SSSR count). The van der Waals surface area contributed by atoms with Gasteiger partial charge in [0.15, 0.2) is 0 Å². The SMILES string of the molecule is CCN(CCC(C)C)c1ccc(C)c(Nc2ccc3c(c2)Cc2ccccc2-3)c1. The van der Waals surface area contributed by atoms with Gasteiger partial charge >= 0.3 is 0 Å². The Morgan fingerprint density at radius 2 is 1.72 bits per heavy atom. The van der Waals surface area contributed by atoms with Gasteiger partial charge in [0.2, 0.25) is 0 Å². The maximum Gasteiger partial charge on any atom is 0.0434 e. The number of benzene rings is 3. The Morgan fingerprint density at radius 3 is 2.52 bits per heavy atom. The van der Waals surface area contributed by atoms with Crippen molar-refractivity contribution in [2.24, 2.45) is 5.92 Å². The average Bonchev–Trinajstić information content (AvgIpc) is 3.08. The molecule has 0 spiro atoms. The molecule has 0 bridgehead atoms. The van der Waals surface area contributed by atoms with Crippen molar-refractivity contribution in [2.75, 3.05) is 23.3 Å². The van der Waals surface area contributed by atoms with Crippen LogP contribution < -0.4 is 10.2 Å². The van der Waals surface area contributed by atoms with Crippen LogP contribution in [-0.4, -0.2) is 13.1 Å². The quantitative estimate of drug-likeness (QED) is 0.363. The monoisotopic (exact) mass is 384 g/mol. The van der Waals surface area contributed by atoms with Crippen LogP contribution in [0, 0.1) is 12.8 Å². The minimum Gasteiger partial charge on any atom is -0.372 e. The molecule has 150 valence electrons. The highest BCUT2D eigenvalue weighted by atomic mass is 15.1. The van der Waals surface area contributed by atoms with E-state index in [1.54, 1.807) is 0 Å². The smallest absolute Gasteiger partial charge is 0.0434 e. The summed E-state index contributed by atoms with van der Waals surface area (Å²) in [4.78, 5) is 2.48. The summed E-state index contributed by atoms with van der Waals surface area (Å²) < 4.78 is 0. The Morgan fingerprint density at radius 1 is 0.931 bits per heavy atom. The second-order valence-corrected chi connectivity index (χ2v) is 8.59. The van der Waals surface area contributed by atoms with Gasteiger partial charge in [-0.25, -0.2) is 0 Å². The number of rotatable bonds is 7. The molecule has 2 nitrogen and oxygen atoms in total. The largest absolute Gasteiger partial charge is 0.372 e. The van der Waals surface area contributed by atoms with Gasteiger partial charge in [-0.1, -0.05) is 50.2 Å². The van der Waals surface area contributed by atoms with Gasteiger partial charge in [-0.2, -0.15) is 0 Å². The van der Waals surface area contributed by atoms with Gasteiger partial charge in [0, 0.05) is 30.2 Å². The molecule has 1 aliphatic carbocycles. The molecule has 0 amide bonds. The predicted octanol–water partition coefficient (Wildman–Crippen LogP) is 7.18. The number of nitrogens with zero attached hydrogens (tertiary/aromatic N) is 1. The first-order chi connectivity index (χ1) is 14.0. The Kier molecular flexibility index (Phi) is 5.62. The van der Waals surface area contributed by atoms with Gasteiger partial charge in [0.05, 0.1) is 0 Å². The fourth-order valence-electron chi connectivity index (χ4n) is 4.20. The van der Waals surface area contributed by atoms with Gasteiger partial charge in [0.1, 0.15) is 0 Å². The molecular formula is C27H32N2. The van der Waals surface area contributed by atoms with Gasteiger partial charge in [-0.15, -0.1) is 0 Å². The zero-order valence-electron chi connectivity index (χ0n) is 18.1. The van der Waals surface area contributed by atoms with Crippen molar-refractivity contribution in [3.63, 3.8) is 0 Å². The highest BCUT2D eigenvalue weighted by molar-refractivity contribution is 5.80. The molecule has 1 N–H and O–H groups in total. The van der Waals surface area contributed by atoms with Gasteiger partial charge < -0.3 is 10.2 Å². The van der Waals surface area contributed by atoms with Crippen LogP contribution in [0.4, 0.5) is 17.1 Å². The van der Waals surface area contributed by atoms with Gasteiger partial charge in [-0.3, -0.25) is 0 Å². The molecule has 2 heteroatoms. The lowest BCUT2D eigenvalue weighted by atomic mass is 10.1. The summed E-state index contributed by atoms with van der Waals surface area (Å²) in [5, 5.41) is 3.69. The lowest BCUT2D eigenvalue weighted by Gasteiger charge is -2.25. The maximum absolute atomic E-state index is 3.69. The molecule has 0 fully saturated rings. The first kappa shape index (κ1) is 19.6. The van der Waals surface area contributed by atoms with Crippen molar-refractivity contribution < 1.29 is 0 Å². The number of nitrogens with one attached hydrogen (secondary N) is 1. The maximum atomic E-state index is 3.69. The first-order valence-electron chi connectivity index (χ1n) is 10.9. The van der Waals surface area contributed by atoms with Crippen molar-refractivity contribution in [2.45, 2.75) is 40.5 Å². The van der Waals surface area contributed by atoms with E-state index in [-0.39, 0.29) is 0 Å². The van der Waals surface area contributed by atoms with E-state index < -0.39 is 0 Å². The van der Waals surface area contributed by atoms with Crippen LogP contribution in [-0.2, 0) is 6.42 Å². The van der Waals surface area contributed by atoms with Crippen LogP contribution in [0.2, 0.25) is 0 Å². The summed E-state index contributed by atoms with van der Waals surface area (Å²) in [5.74, 6) is 0.725. The fraction of sp³-hybridized carbons (Fsp3) is 0.333. The highest BCUT2D eigenvalue weighted by Crippen LogP contribution is 2.38. The van der Waals surface area contributed by atoms with Crippen LogP contribution in [0.15, 0.2) is 60.7 Å². The number of hydrogen-bond acceptors (Lipinski definition) is 2. The third-order valence-electron chi connectivity index (χ3n) is 6.02. The van der Waals surface area contributed by atoms with E-state index in [1.165, 1.54) is 51.3 Å². The summed E-state index contributed by atoms with van der Waals surface area (Å²) in [7, 11) is 0. The average molecular weight is 385 g/mol. The predicted molar refractivity (Wildman–Crippen MR) is 126 cm³/mol. The molecule has 3 aromatic rings. The minimum atomic E-state index is 0.725. The summed E-state index contributed by atoms with van der Waals surface area (Å²) in [6, 6.07) is 22.3. The van der Waals surface area contributed by atoms with Crippen LogP contribution >= 0.6 is 0 Å². The molecule has 0 unspecified atom stereocenters.